The van der Waals surface area contributed by atoms with E-state index in [1.165, 1.54) is 0 Å². The van der Waals surface area contributed by atoms with E-state index in [9.17, 15) is 0 Å². The normalized spacial score (nSPS) is 18.6. The summed E-state index contributed by atoms with van der Waals surface area (Å²) < 4.78 is 83.9. The van der Waals surface area contributed by atoms with Crippen LogP contribution in [0.15, 0.2) is 77.0 Å². The molecule has 82 valence electrons. The fourth-order valence-electron chi connectivity index (χ4n) is 1.31. The molecule has 0 spiro atoms. The molecule has 1 nitrogen and oxygen atoms in total. The van der Waals surface area contributed by atoms with Gasteiger partial charge in [-0.2, -0.15) is 0 Å². The van der Waals surface area contributed by atoms with Crippen LogP contribution in [0.3, 0.4) is 0 Å². The average molecular weight is 230 g/mol. The summed E-state index contributed by atoms with van der Waals surface area (Å²) in [5.74, 6) is -0.617. The molecule has 0 radical (unpaired) electrons. The van der Waals surface area contributed by atoms with Crippen molar-refractivity contribution in [1.29, 1.82) is 0 Å². The molecule has 0 fully saturated rings. The maximum Gasteiger partial charge on any atom is 0.134 e. The lowest BCUT2D eigenvalue weighted by atomic mass is 10.2. The van der Waals surface area contributed by atoms with E-state index in [0.29, 0.717) is 0 Å². The van der Waals surface area contributed by atoms with Crippen LogP contribution in [0.4, 0.5) is 0 Å². The highest BCUT2D eigenvalue weighted by atomic mass is 16.3. The number of furan rings is 1. The van der Waals surface area contributed by atoms with Crippen LogP contribution in [0.5, 0.6) is 0 Å². The lowest BCUT2D eigenvalue weighted by Crippen LogP contribution is -1.72. The van der Waals surface area contributed by atoms with E-state index >= 15 is 0 Å². The predicted molar refractivity (Wildman–Crippen MR) is 69.6 cm³/mol. The van der Waals surface area contributed by atoms with Crippen molar-refractivity contribution in [3.05, 3.63) is 72.6 Å². The smallest absolute Gasteiger partial charge is 0.134 e. The Balaban J connectivity index is 2.32. The summed E-state index contributed by atoms with van der Waals surface area (Å²) >= 11 is 0. The summed E-state index contributed by atoms with van der Waals surface area (Å²) in [6, 6.07) is -2.15. The van der Waals surface area contributed by atoms with E-state index in [2.05, 4.69) is 0 Å². The van der Waals surface area contributed by atoms with Crippen LogP contribution in [0.1, 0.15) is 13.7 Å². The Kier molecular flexibility index (Phi) is 0.982. The molecular formula is C16H12O. The summed E-state index contributed by atoms with van der Waals surface area (Å²) in [5, 5.41) is 0. The SMILES string of the molecule is [2H]c1cc([2H])c(-c2oc(-c3c([2H])c([2H])c([2H])c([2H])c3[2H])c([2H])c2[2H])cc1[2H]. The fraction of sp³-hybridized carbons (Fsp3) is 0. The molecule has 2 aromatic carbocycles. The minimum atomic E-state index is -0.594. The van der Waals surface area contributed by atoms with Gasteiger partial charge in [-0.1, -0.05) is 60.5 Å². The van der Waals surface area contributed by atoms with Gasteiger partial charge in [-0.05, 0) is 12.1 Å². The van der Waals surface area contributed by atoms with Gasteiger partial charge in [-0.3, -0.25) is 0 Å². The third kappa shape index (κ3) is 2.00. The van der Waals surface area contributed by atoms with Gasteiger partial charge in [0.25, 0.3) is 0 Å². The van der Waals surface area contributed by atoms with Crippen LogP contribution < -0.4 is 0 Å². The molecule has 1 aromatic heterocycles. The van der Waals surface area contributed by atoms with Crippen molar-refractivity contribution in [2.24, 2.45) is 0 Å². The maximum absolute atomic E-state index is 8.09. The van der Waals surface area contributed by atoms with Gasteiger partial charge in [-0.15, -0.1) is 0 Å². The minimum Gasteiger partial charge on any atom is -0.456 e. The zero-order chi connectivity index (χ0) is 20.2. The van der Waals surface area contributed by atoms with Crippen molar-refractivity contribution in [3.8, 4) is 22.6 Å². The van der Waals surface area contributed by atoms with Gasteiger partial charge in [0.2, 0.25) is 0 Å². The summed E-state index contributed by atoms with van der Waals surface area (Å²) in [5.41, 5.74) is -0.339. The Morgan fingerprint density at radius 2 is 1.47 bits per heavy atom. The second-order valence-corrected chi connectivity index (χ2v) is 3.15. The molecule has 0 amide bonds. The zero-order valence-electron chi connectivity index (χ0n) is 18.6. The van der Waals surface area contributed by atoms with Crippen LogP contribution in [0, 0.1) is 0 Å². The van der Waals surface area contributed by atoms with Crippen LogP contribution >= 0.6 is 0 Å². The molecule has 0 unspecified atom stereocenters. The number of hydrogen-bond acceptors (Lipinski definition) is 1. The van der Waals surface area contributed by atoms with E-state index in [-0.39, 0.29) is 40.8 Å². The summed E-state index contributed by atoms with van der Waals surface area (Å²) in [4.78, 5) is 0. The van der Waals surface area contributed by atoms with Crippen molar-refractivity contribution in [2.75, 3.05) is 0 Å². The van der Waals surface area contributed by atoms with Crippen LogP contribution in [0.2, 0.25) is 0 Å². The average Bonchev–Trinajstić information content (AvgIpc) is 2.90. The van der Waals surface area contributed by atoms with Gasteiger partial charge < -0.3 is 4.42 Å². The largest absolute Gasteiger partial charge is 0.456 e. The first-order valence-corrected chi connectivity index (χ1v) is 4.81. The van der Waals surface area contributed by atoms with E-state index in [0.717, 1.165) is 12.1 Å². The molecule has 0 aliphatic heterocycles. The van der Waals surface area contributed by atoms with Crippen molar-refractivity contribution in [1.82, 2.24) is 0 Å². The van der Waals surface area contributed by atoms with E-state index in [1.54, 1.807) is 0 Å². The van der Waals surface area contributed by atoms with Crippen LogP contribution in [-0.2, 0) is 0 Å². The van der Waals surface area contributed by atoms with Gasteiger partial charge in [0, 0.05) is 11.1 Å². The molecule has 3 rings (SSSR count). The number of rotatable bonds is 2. The van der Waals surface area contributed by atoms with Crippen LogP contribution in [-0.4, -0.2) is 0 Å². The first kappa shape index (κ1) is 3.88. The van der Waals surface area contributed by atoms with E-state index in [4.69, 9.17) is 18.1 Å². The van der Waals surface area contributed by atoms with Gasteiger partial charge in [0.05, 0.1) is 13.7 Å². The molecule has 0 aliphatic rings. The highest BCUT2D eigenvalue weighted by Crippen LogP contribution is 2.27. The Hall–Kier alpha value is -2.28. The zero-order valence-corrected chi connectivity index (χ0v) is 8.56. The topological polar surface area (TPSA) is 13.1 Å². The predicted octanol–water partition coefficient (Wildman–Crippen LogP) is 4.61. The maximum atomic E-state index is 8.09. The summed E-state index contributed by atoms with van der Waals surface area (Å²) in [7, 11) is 0. The monoisotopic (exact) mass is 230 g/mol. The third-order valence-electron chi connectivity index (χ3n) is 2.07. The summed E-state index contributed by atoms with van der Waals surface area (Å²) in [6.45, 7) is 0. The molecule has 17 heavy (non-hydrogen) atoms. The lowest BCUT2D eigenvalue weighted by molar-refractivity contribution is 0.597. The molecule has 0 saturated heterocycles. The molecule has 0 saturated carbocycles. The fourth-order valence-corrected chi connectivity index (χ4v) is 1.31. The number of benzene rings is 2. The first-order chi connectivity index (χ1) is 12.6. The van der Waals surface area contributed by atoms with Crippen molar-refractivity contribution >= 4 is 0 Å². The van der Waals surface area contributed by atoms with Gasteiger partial charge >= 0.3 is 0 Å². The van der Waals surface area contributed by atoms with Gasteiger partial charge in [0.15, 0.2) is 0 Å². The van der Waals surface area contributed by atoms with E-state index < -0.39 is 42.3 Å². The molecule has 3 aromatic rings. The molecule has 0 bridgehead atoms. The first-order valence-electron chi connectivity index (χ1n) is 9.81. The number of hydrogen-bond donors (Lipinski definition) is 0. The second-order valence-electron chi connectivity index (χ2n) is 3.15. The Bertz CT molecular complexity index is 1060. The lowest BCUT2D eigenvalue weighted by Gasteiger charge is -1.97. The molecule has 0 N–H and O–H groups in total. The van der Waals surface area contributed by atoms with E-state index in [1.807, 2.05) is 0 Å². The molecule has 0 atom stereocenters. The van der Waals surface area contributed by atoms with Crippen molar-refractivity contribution in [2.45, 2.75) is 0 Å². The Morgan fingerprint density at radius 3 is 2.29 bits per heavy atom. The second kappa shape index (κ2) is 4.30. The third-order valence-corrected chi connectivity index (χ3v) is 2.07. The standard InChI is InChI=1S/C16H12O/c1-3-7-13(8-4-1)15-11-12-16(17-15)14-9-5-2-6-10-14/h1-12H/i1D,2D,3D,4D,5D,7D,8D,10D,11D,12D. The highest BCUT2D eigenvalue weighted by molar-refractivity contribution is 5.64. The molecule has 0 aliphatic carbocycles. The Labute approximate surface area is 114 Å². The van der Waals surface area contributed by atoms with Crippen molar-refractivity contribution in [3.63, 3.8) is 0 Å². The Morgan fingerprint density at radius 1 is 0.706 bits per heavy atom. The quantitative estimate of drug-likeness (QED) is 0.626. The van der Waals surface area contributed by atoms with Crippen LogP contribution in [0.25, 0.3) is 22.6 Å². The highest BCUT2D eigenvalue weighted by Gasteiger charge is 2.05. The minimum absolute atomic E-state index is 0.00752. The molecular weight excluding hydrogens is 208 g/mol. The van der Waals surface area contributed by atoms with Gasteiger partial charge in [0.1, 0.15) is 11.5 Å². The van der Waals surface area contributed by atoms with Crippen molar-refractivity contribution < 1.29 is 18.1 Å². The molecule has 1 heterocycles. The summed E-state index contributed by atoms with van der Waals surface area (Å²) in [6.07, 6.45) is 0. The van der Waals surface area contributed by atoms with Gasteiger partial charge in [-0.25, -0.2) is 0 Å². The molecule has 1 heteroatoms.